The van der Waals surface area contributed by atoms with Crippen LogP contribution in [0.4, 0.5) is 0 Å². The molecular formula is C8H8BrN3O. The number of hydrogen-bond acceptors (Lipinski definition) is 3. The van der Waals surface area contributed by atoms with E-state index in [-0.39, 0.29) is 5.91 Å². The summed E-state index contributed by atoms with van der Waals surface area (Å²) in [6.07, 6.45) is 2.88. The van der Waals surface area contributed by atoms with Gasteiger partial charge >= 0.3 is 0 Å². The first-order valence-electron chi connectivity index (χ1n) is 3.58. The summed E-state index contributed by atoms with van der Waals surface area (Å²) in [4.78, 5) is 11.3. The average Bonchev–Trinajstić information content (AvgIpc) is 2.15. The van der Waals surface area contributed by atoms with E-state index in [9.17, 15) is 4.79 Å². The highest BCUT2D eigenvalue weighted by Crippen LogP contribution is 1.98. The summed E-state index contributed by atoms with van der Waals surface area (Å²) in [6.45, 7) is 4.00. The van der Waals surface area contributed by atoms with Crippen LogP contribution in [0.1, 0.15) is 10.4 Å². The normalized spacial score (nSPS) is 9.31. The van der Waals surface area contributed by atoms with Crippen molar-refractivity contribution in [2.24, 2.45) is 0 Å². The molecular weight excluding hydrogens is 234 g/mol. The number of nitrogens with one attached hydrogen (secondary N) is 1. The molecule has 0 aliphatic heterocycles. The highest BCUT2D eigenvalue weighted by Gasteiger charge is 2.03. The third kappa shape index (κ3) is 3.33. The second kappa shape index (κ2) is 4.71. The van der Waals surface area contributed by atoms with Crippen LogP contribution in [0.2, 0.25) is 0 Å². The Morgan fingerprint density at radius 2 is 2.38 bits per heavy atom. The van der Waals surface area contributed by atoms with Gasteiger partial charge in [-0.15, -0.1) is 0 Å². The van der Waals surface area contributed by atoms with E-state index in [0.717, 1.165) is 4.48 Å². The quantitative estimate of drug-likeness (QED) is 0.863. The molecule has 0 atom stereocenters. The molecule has 1 N–H and O–H groups in total. The molecule has 0 spiro atoms. The Morgan fingerprint density at radius 3 is 2.92 bits per heavy atom. The Balaban J connectivity index is 2.54. The van der Waals surface area contributed by atoms with Gasteiger partial charge < -0.3 is 5.32 Å². The first-order valence-corrected chi connectivity index (χ1v) is 4.37. The second-order valence-corrected chi connectivity index (χ2v) is 3.45. The molecule has 0 radical (unpaired) electrons. The fraction of sp³-hybridized carbons (Fsp3) is 0.125. The molecule has 0 bridgehead atoms. The Hall–Kier alpha value is -1.23. The lowest BCUT2D eigenvalue weighted by atomic mass is 10.3. The monoisotopic (exact) mass is 241 g/mol. The van der Waals surface area contributed by atoms with Gasteiger partial charge in [0.25, 0.3) is 5.91 Å². The molecule has 68 valence electrons. The number of carbonyl (C=O) groups excluding carboxylic acids is 1. The molecule has 0 aromatic carbocycles. The maximum atomic E-state index is 11.3. The molecule has 1 amide bonds. The summed E-state index contributed by atoms with van der Waals surface area (Å²) in [5.74, 6) is -0.185. The van der Waals surface area contributed by atoms with Gasteiger partial charge in [-0.25, -0.2) is 0 Å². The van der Waals surface area contributed by atoms with Crippen LogP contribution < -0.4 is 5.32 Å². The summed E-state index contributed by atoms with van der Waals surface area (Å²) in [5, 5.41) is 9.80. The predicted molar refractivity (Wildman–Crippen MR) is 52.4 cm³/mol. The SMILES string of the molecule is C=C(Br)CNC(=O)c1ccnnc1. The van der Waals surface area contributed by atoms with E-state index in [1.165, 1.54) is 12.4 Å². The van der Waals surface area contributed by atoms with Crippen LogP contribution in [0.5, 0.6) is 0 Å². The van der Waals surface area contributed by atoms with E-state index in [0.29, 0.717) is 12.1 Å². The number of halogens is 1. The zero-order valence-electron chi connectivity index (χ0n) is 6.83. The van der Waals surface area contributed by atoms with Crippen LogP contribution in [0.15, 0.2) is 29.5 Å². The summed E-state index contributed by atoms with van der Waals surface area (Å²) < 4.78 is 0.725. The molecule has 0 saturated heterocycles. The Labute approximate surface area is 84.2 Å². The zero-order valence-corrected chi connectivity index (χ0v) is 8.41. The first kappa shape index (κ1) is 9.85. The van der Waals surface area contributed by atoms with E-state index in [1.807, 2.05) is 0 Å². The molecule has 1 aromatic rings. The lowest BCUT2D eigenvalue weighted by Gasteiger charge is -2.01. The Morgan fingerprint density at radius 1 is 1.62 bits per heavy atom. The van der Waals surface area contributed by atoms with Gasteiger partial charge in [0.1, 0.15) is 0 Å². The maximum Gasteiger partial charge on any atom is 0.253 e. The topological polar surface area (TPSA) is 54.9 Å². The van der Waals surface area contributed by atoms with Crippen LogP contribution in [0.3, 0.4) is 0 Å². The molecule has 4 nitrogen and oxygen atoms in total. The van der Waals surface area contributed by atoms with Gasteiger partial charge in [-0.1, -0.05) is 22.5 Å². The molecule has 0 aliphatic carbocycles. The van der Waals surface area contributed by atoms with Gasteiger partial charge in [-0.2, -0.15) is 10.2 Å². The maximum absolute atomic E-state index is 11.3. The smallest absolute Gasteiger partial charge is 0.253 e. The van der Waals surface area contributed by atoms with Crippen LogP contribution in [0.25, 0.3) is 0 Å². The van der Waals surface area contributed by atoms with Crippen LogP contribution >= 0.6 is 15.9 Å². The second-order valence-electron chi connectivity index (χ2n) is 2.33. The number of amides is 1. The van der Waals surface area contributed by atoms with Gasteiger partial charge in [0.2, 0.25) is 0 Å². The number of carbonyl (C=O) groups is 1. The standard InChI is InChI=1S/C8H8BrN3O/c1-6(9)4-10-8(13)7-2-3-11-12-5-7/h2-3,5H,1,4H2,(H,10,13). The van der Waals surface area contributed by atoms with Crippen molar-refractivity contribution in [1.82, 2.24) is 15.5 Å². The summed E-state index contributed by atoms with van der Waals surface area (Å²) in [6, 6.07) is 1.60. The third-order valence-corrected chi connectivity index (χ3v) is 1.57. The minimum Gasteiger partial charge on any atom is -0.347 e. The molecule has 0 aliphatic rings. The molecule has 1 heterocycles. The average molecular weight is 242 g/mol. The molecule has 0 fully saturated rings. The zero-order chi connectivity index (χ0) is 9.68. The van der Waals surface area contributed by atoms with Gasteiger partial charge in [-0.05, 0) is 6.07 Å². The van der Waals surface area contributed by atoms with Gasteiger partial charge in [0, 0.05) is 11.0 Å². The van der Waals surface area contributed by atoms with Crippen molar-refractivity contribution >= 4 is 21.8 Å². The van der Waals surface area contributed by atoms with E-state index in [1.54, 1.807) is 6.07 Å². The molecule has 1 aromatic heterocycles. The minimum absolute atomic E-state index is 0.185. The molecule has 13 heavy (non-hydrogen) atoms. The fourth-order valence-electron chi connectivity index (χ4n) is 0.703. The van der Waals surface area contributed by atoms with Gasteiger partial charge in [0.05, 0.1) is 18.0 Å². The van der Waals surface area contributed by atoms with E-state index >= 15 is 0 Å². The van der Waals surface area contributed by atoms with Crippen molar-refractivity contribution in [2.75, 3.05) is 6.54 Å². The number of hydrogen-bond donors (Lipinski definition) is 1. The van der Waals surface area contributed by atoms with E-state index in [4.69, 9.17) is 0 Å². The van der Waals surface area contributed by atoms with Crippen molar-refractivity contribution < 1.29 is 4.79 Å². The van der Waals surface area contributed by atoms with Crippen molar-refractivity contribution in [1.29, 1.82) is 0 Å². The number of aromatic nitrogens is 2. The van der Waals surface area contributed by atoms with E-state index in [2.05, 4.69) is 38.0 Å². The van der Waals surface area contributed by atoms with Crippen LogP contribution in [0, 0.1) is 0 Å². The van der Waals surface area contributed by atoms with Gasteiger partial charge in [0.15, 0.2) is 0 Å². The summed E-state index contributed by atoms with van der Waals surface area (Å²) in [7, 11) is 0. The lowest BCUT2D eigenvalue weighted by Crippen LogP contribution is -2.24. The number of nitrogens with zero attached hydrogens (tertiary/aromatic N) is 2. The molecule has 0 saturated carbocycles. The highest BCUT2D eigenvalue weighted by molar-refractivity contribution is 9.11. The first-order chi connectivity index (χ1) is 6.20. The largest absolute Gasteiger partial charge is 0.347 e. The van der Waals surface area contributed by atoms with E-state index < -0.39 is 0 Å². The number of rotatable bonds is 3. The predicted octanol–water partition coefficient (Wildman–Crippen LogP) is 1.11. The fourth-order valence-corrected chi connectivity index (χ4v) is 0.843. The summed E-state index contributed by atoms with van der Waals surface area (Å²) in [5.41, 5.74) is 0.490. The van der Waals surface area contributed by atoms with Crippen molar-refractivity contribution in [3.8, 4) is 0 Å². The third-order valence-electron chi connectivity index (χ3n) is 1.29. The molecule has 0 unspecified atom stereocenters. The Kier molecular flexibility index (Phi) is 3.57. The van der Waals surface area contributed by atoms with Crippen LogP contribution in [-0.4, -0.2) is 22.6 Å². The van der Waals surface area contributed by atoms with Crippen molar-refractivity contribution in [3.63, 3.8) is 0 Å². The van der Waals surface area contributed by atoms with Gasteiger partial charge in [-0.3, -0.25) is 4.79 Å². The van der Waals surface area contributed by atoms with Crippen molar-refractivity contribution in [2.45, 2.75) is 0 Å². The minimum atomic E-state index is -0.185. The van der Waals surface area contributed by atoms with Crippen LogP contribution in [-0.2, 0) is 0 Å². The molecule has 5 heteroatoms. The van der Waals surface area contributed by atoms with Crippen molar-refractivity contribution in [3.05, 3.63) is 35.1 Å². The molecule has 1 rings (SSSR count). The Bertz CT molecular complexity index is 312. The summed E-state index contributed by atoms with van der Waals surface area (Å²) >= 11 is 3.14. The lowest BCUT2D eigenvalue weighted by molar-refractivity contribution is 0.0957. The highest BCUT2D eigenvalue weighted by atomic mass is 79.9.